The maximum Gasteiger partial charge on any atom is 0.297 e. The van der Waals surface area contributed by atoms with Gasteiger partial charge in [-0.25, -0.2) is 0 Å². The molecule has 1 aromatic carbocycles. The molecule has 0 amide bonds. The number of benzene rings is 1. The van der Waals surface area contributed by atoms with Crippen LogP contribution in [0.2, 0.25) is 0 Å². The molecule has 1 aliphatic rings. The van der Waals surface area contributed by atoms with Crippen LogP contribution in [0.25, 0.3) is 0 Å². The minimum Gasteiger partial charge on any atom is -0.390 e. The molecule has 0 saturated carbocycles. The lowest BCUT2D eigenvalue weighted by Crippen LogP contribution is -2.50. The Balaban J connectivity index is 2.02. The van der Waals surface area contributed by atoms with Crippen molar-refractivity contribution in [3.05, 3.63) is 29.8 Å². The Kier molecular flexibility index (Phi) is 4.97. The molecule has 21 heavy (non-hydrogen) atoms. The third-order valence-corrected chi connectivity index (χ3v) is 4.54. The van der Waals surface area contributed by atoms with Crippen molar-refractivity contribution in [2.75, 3.05) is 6.61 Å². The van der Waals surface area contributed by atoms with E-state index in [-0.39, 0.29) is 11.3 Å². The van der Waals surface area contributed by atoms with E-state index in [4.69, 9.17) is 8.92 Å². The monoisotopic (exact) mass is 318 g/mol. The summed E-state index contributed by atoms with van der Waals surface area (Å²) in [5, 5.41) is 28.5. The van der Waals surface area contributed by atoms with Crippen LogP contribution in [0.5, 0.6) is 0 Å². The summed E-state index contributed by atoms with van der Waals surface area (Å²) in [6.45, 7) is 1.33. The normalized spacial score (nSPS) is 30.3. The minimum atomic E-state index is -3.99. The quantitative estimate of drug-likeness (QED) is 0.643. The van der Waals surface area contributed by atoms with Gasteiger partial charge in [-0.1, -0.05) is 17.7 Å². The zero-order valence-corrected chi connectivity index (χ0v) is 12.2. The Morgan fingerprint density at radius 1 is 1.24 bits per heavy atom. The lowest BCUT2D eigenvalue weighted by Gasteiger charge is -2.34. The number of hydrogen-bond acceptors (Lipinski definition) is 7. The SMILES string of the molecule is Cc1ccc(S(=O)(=O)OCC2OC(O)CC(O)[C@H]2O)cc1. The molecule has 8 heteroatoms. The highest BCUT2D eigenvalue weighted by Crippen LogP contribution is 2.21. The van der Waals surface area contributed by atoms with E-state index in [1.54, 1.807) is 12.1 Å². The zero-order chi connectivity index (χ0) is 15.6. The molecular formula is C13H18O7S. The molecule has 1 aliphatic heterocycles. The van der Waals surface area contributed by atoms with Gasteiger partial charge < -0.3 is 20.1 Å². The topological polar surface area (TPSA) is 113 Å². The van der Waals surface area contributed by atoms with Gasteiger partial charge in [-0.2, -0.15) is 8.42 Å². The average molecular weight is 318 g/mol. The summed E-state index contributed by atoms with van der Waals surface area (Å²) >= 11 is 0. The largest absolute Gasteiger partial charge is 0.390 e. The molecule has 1 heterocycles. The van der Waals surface area contributed by atoms with E-state index in [9.17, 15) is 23.7 Å². The van der Waals surface area contributed by atoms with Crippen LogP contribution in [0.4, 0.5) is 0 Å². The Bertz CT molecular complexity index is 569. The standard InChI is InChI=1S/C13H18O7S/c1-8-2-4-9(5-3-8)21(17,18)19-7-11-13(16)10(14)6-12(15)20-11/h2-5,10-16H,6-7H2,1H3/t10?,11?,12?,13-/m1/s1. The van der Waals surface area contributed by atoms with Crippen molar-refractivity contribution in [2.45, 2.75) is 42.8 Å². The van der Waals surface area contributed by atoms with Crippen molar-refractivity contribution >= 4 is 10.1 Å². The van der Waals surface area contributed by atoms with Crippen molar-refractivity contribution in [1.29, 1.82) is 0 Å². The second kappa shape index (κ2) is 6.39. The highest BCUT2D eigenvalue weighted by Gasteiger charge is 2.37. The van der Waals surface area contributed by atoms with Crippen LogP contribution in [-0.2, 0) is 19.0 Å². The molecule has 118 valence electrons. The molecule has 0 radical (unpaired) electrons. The predicted octanol–water partition coefficient (Wildman–Crippen LogP) is -0.471. The number of rotatable bonds is 4. The molecule has 0 aliphatic carbocycles. The van der Waals surface area contributed by atoms with Gasteiger partial charge in [-0.05, 0) is 19.1 Å². The van der Waals surface area contributed by atoms with E-state index in [1.807, 2.05) is 6.92 Å². The first-order chi connectivity index (χ1) is 9.79. The first kappa shape index (κ1) is 16.3. The molecule has 0 spiro atoms. The summed E-state index contributed by atoms with van der Waals surface area (Å²) in [6, 6.07) is 6.09. The van der Waals surface area contributed by atoms with Crippen molar-refractivity contribution in [2.24, 2.45) is 0 Å². The van der Waals surface area contributed by atoms with Gasteiger partial charge in [0.05, 0.1) is 17.6 Å². The smallest absolute Gasteiger partial charge is 0.297 e. The number of aryl methyl sites for hydroxylation is 1. The van der Waals surface area contributed by atoms with E-state index in [0.717, 1.165) is 5.56 Å². The molecule has 3 unspecified atom stereocenters. The van der Waals surface area contributed by atoms with E-state index in [1.165, 1.54) is 12.1 Å². The van der Waals surface area contributed by atoms with Crippen LogP contribution in [0, 0.1) is 6.92 Å². The molecule has 1 saturated heterocycles. The summed E-state index contributed by atoms with van der Waals surface area (Å²) < 4.78 is 33.7. The second-order valence-electron chi connectivity index (χ2n) is 4.97. The summed E-state index contributed by atoms with van der Waals surface area (Å²) in [7, 11) is -3.99. The van der Waals surface area contributed by atoms with Gasteiger partial charge in [0.25, 0.3) is 10.1 Å². The van der Waals surface area contributed by atoms with Gasteiger partial charge in [-0.15, -0.1) is 0 Å². The zero-order valence-electron chi connectivity index (χ0n) is 11.4. The number of hydrogen-bond donors (Lipinski definition) is 3. The molecule has 4 atom stereocenters. The fourth-order valence-electron chi connectivity index (χ4n) is 2.00. The van der Waals surface area contributed by atoms with E-state index >= 15 is 0 Å². The summed E-state index contributed by atoms with van der Waals surface area (Å²) in [5.41, 5.74) is 0.909. The fraction of sp³-hybridized carbons (Fsp3) is 0.538. The number of ether oxygens (including phenoxy) is 1. The Hall–Kier alpha value is -1.03. The van der Waals surface area contributed by atoms with Gasteiger partial charge in [0.2, 0.25) is 0 Å². The van der Waals surface area contributed by atoms with Gasteiger partial charge in [-0.3, -0.25) is 4.18 Å². The maximum absolute atomic E-state index is 12.0. The van der Waals surface area contributed by atoms with E-state index in [0.29, 0.717) is 0 Å². The summed E-state index contributed by atoms with van der Waals surface area (Å²) in [4.78, 5) is -0.0144. The average Bonchev–Trinajstić information content (AvgIpc) is 2.42. The van der Waals surface area contributed by atoms with Gasteiger partial charge in [0.1, 0.15) is 12.2 Å². The number of aliphatic hydroxyl groups is 3. The fourth-order valence-corrected chi connectivity index (χ4v) is 2.92. The van der Waals surface area contributed by atoms with Gasteiger partial charge in [0.15, 0.2) is 6.29 Å². The third-order valence-electron chi connectivity index (χ3n) is 3.25. The molecule has 0 bridgehead atoms. The van der Waals surface area contributed by atoms with Crippen LogP contribution in [0.15, 0.2) is 29.2 Å². The van der Waals surface area contributed by atoms with E-state index in [2.05, 4.69) is 0 Å². The summed E-state index contributed by atoms with van der Waals surface area (Å²) in [6.07, 6.45) is -5.03. The molecule has 0 aromatic heterocycles. The lowest BCUT2D eigenvalue weighted by atomic mass is 10.0. The molecule has 1 aromatic rings. The first-order valence-corrected chi connectivity index (χ1v) is 7.86. The lowest BCUT2D eigenvalue weighted by molar-refractivity contribution is -0.237. The van der Waals surface area contributed by atoms with Crippen LogP contribution in [0.1, 0.15) is 12.0 Å². The van der Waals surface area contributed by atoms with Crippen molar-refractivity contribution in [3.8, 4) is 0 Å². The Morgan fingerprint density at radius 2 is 1.86 bits per heavy atom. The number of aliphatic hydroxyl groups excluding tert-OH is 3. The Morgan fingerprint density at radius 3 is 2.48 bits per heavy atom. The van der Waals surface area contributed by atoms with Crippen molar-refractivity contribution < 1.29 is 32.7 Å². The third kappa shape index (κ3) is 4.00. The van der Waals surface area contributed by atoms with Crippen LogP contribution in [-0.4, -0.2) is 54.9 Å². The molecule has 3 N–H and O–H groups in total. The maximum atomic E-state index is 12.0. The minimum absolute atomic E-state index is 0.0144. The first-order valence-electron chi connectivity index (χ1n) is 6.45. The highest BCUT2D eigenvalue weighted by molar-refractivity contribution is 7.86. The second-order valence-corrected chi connectivity index (χ2v) is 6.59. The Labute approximate surface area is 122 Å². The van der Waals surface area contributed by atoms with Gasteiger partial charge in [0, 0.05) is 6.42 Å². The van der Waals surface area contributed by atoms with Crippen LogP contribution < -0.4 is 0 Å². The highest BCUT2D eigenvalue weighted by atomic mass is 32.2. The van der Waals surface area contributed by atoms with Crippen LogP contribution in [0.3, 0.4) is 0 Å². The van der Waals surface area contributed by atoms with E-state index < -0.39 is 41.3 Å². The molecular weight excluding hydrogens is 300 g/mol. The van der Waals surface area contributed by atoms with Crippen molar-refractivity contribution in [1.82, 2.24) is 0 Å². The summed E-state index contributed by atoms with van der Waals surface area (Å²) in [5.74, 6) is 0. The molecule has 2 rings (SSSR count). The molecule has 7 nitrogen and oxygen atoms in total. The van der Waals surface area contributed by atoms with Crippen molar-refractivity contribution in [3.63, 3.8) is 0 Å². The van der Waals surface area contributed by atoms with Crippen LogP contribution >= 0.6 is 0 Å². The van der Waals surface area contributed by atoms with Gasteiger partial charge >= 0.3 is 0 Å². The predicted molar refractivity (Wildman–Crippen MR) is 71.8 cm³/mol. The molecule has 1 fully saturated rings.